The number of carbonyl (C=O) groups is 2. The van der Waals surface area contributed by atoms with E-state index in [-0.39, 0.29) is 23.9 Å². The Morgan fingerprint density at radius 3 is 2.71 bits per heavy atom. The van der Waals surface area contributed by atoms with Crippen molar-refractivity contribution in [3.63, 3.8) is 0 Å². The lowest BCUT2D eigenvalue weighted by Crippen LogP contribution is -2.43. The van der Waals surface area contributed by atoms with E-state index in [0.717, 1.165) is 19.3 Å². The first kappa shape index (κ1) is 16.5. The maximum Gasteiger partial charge on any atom is 0.302 e. The van der Waals surface area contributed by atoms with Gasteiger partial charge < -0.3 is 9.84 Å². The van der Waals surface area contributed by atoms with Gasteiger partial charge in [0.15, 0.2) is 0 Å². The van der Waals surface area contributed by atoms with E-state index in [9.17, 15) is 14.7 Å². The summed E-state index contributed by atoms with van der Waals surface area (Å²) >= 11 is 0. The van der Waals surface area contributed by atoms with E-state index < -0.39 is 5.60 Å². The summed E-state index contributed by atoms with van der Waals surface area (Å²) in [7, 11) is 0. The summed E-state index contributed by atoms with van der Waals surface area (Å²) in [5.41, 5.74) is -1.38. The first-order chi connectivity index (χ1) is 9.67. The van der Waals surface area contributed by atoms with E-state index in [4.69, 9.17) is 4.74 Å². The van der Waals surface area contributed by atoms with Crippen molar-refractivity contribution in [1.29, 1.82) is 0 Å². The molecule has 4 heteroatoms. The van der Waals surface area contributed by atoms with E-state index in [0.29, 0.717) is 30.5 Å². The molecule has 0 heterocycles. The van der Waals surface area contributed by atoms with Crippen molar-refractivity contribution in [2.45, 2.75) is 65.4 Å². The molecule has 0 radical (unpaired) electrons. The number of rotatable bonds is 3. The minimum atomic E-state index is -1.06. The predicted octanol–water partition coefficient (Wildman–Crippen LogP) is 2.72. The molecule has 0 aromatic carbocycles. The Balaban J connectivity index is 2.18. The molecule has 0 saturated heterocycles. The van der Waals surface area contributed by atoms with Gasteiger partial charge in [0.2, 0.25) is 0 Å². The first-order valence-corrected chi connectivity index (χ1v) is 8.06. The van der Waals surface area contributed by atoms with Crippen LogP contribution in [0.15, 0.2) is 0 Å². The van der Waals surface area contributed by atoms with Crippen molar-refractivity contribution >= 4 is 11.8 Å². The molecule has 0 bridgehead atoms. The number of Topliss-reactive ketones (excluding diaryl/α,β-unsaturated/α-hetero) is 1. The number of carbonyl (C=O) groups excluding carboxylic acids is 2. The van der Waals surface area contributed by atoms with Gasteiger partial charge in [-0.3, -0.25) is 9.59 Å². The third-order valence-electron chi connectivity index (χ3n) is 5.91. The molecule has 5 atom stereocenters. The fraction of sp³-hybridized carbons (Fsp3) is 0.882. The molecule has 0 amide bonds. The Morgan fingerprint density at radius 1 is 1.43 bits per heavy atom. The lowest BCUT2D eigenvalue weighted by Gasteiger charge is -2.37. The zero-order valence-corrected chi connectivity index (χ0v) is 13.6. The highest BCUT2D eigenvalue weighted by Crippen LogP contribution is 2.53. The monoisotopic (exact) mass is 296 g/mol. The van der Waals surface area contributed by atoms with Gasteiger partial charge in [-0.2, -0.15) is 0 Å². The summed E-state index contributed by atoms with van der Waals surface area (Å²) in [6.07, 6.45) is 4.26. The van der Waals surface area contributed by atoms with Gasteiger partial charge in [-0.05, 0) is 43.9 Å². The van der Waals surface area contributed by atoms with Crippen LogP contribution in [0, 0.1) is 23.2 Å². The molecular formula is C17H28O4. The average molecular weight is 296 g/mol. The molecule has 2 saturated carbocycles. The number of ether oxygens (including phenoxy) is 1. The van der Waals surface area contributed by atoms with Crippen LogP contribution in [-0.4, -0.2) is 29.1 Å². The molecule has 0 unspecified atom stereocenters. The van der Waals surface area contributed by atoms with Crippen molar-refractivity contribution < 1.29 is 19.4 Å². The number of hydrogen-bond donors (Lipinski definition) is 1. The molecule has 0 aromatic heterocycles. The second-order valence-electron chi connectivity index (χ2n) is 7.58. The molecule has 2 aliphatic carbocycles. The van der Waals surface area contributed by atoms with Crippen LogP contribution in [0.25, 0.3) is 0 Å². The Hall–Kier alpha value is -0.900. The van der Waals surface area contributed by atoms with E-state index in [1.807, 2.05) is 0 Å². The fourth-order valence-corrected chi connectivity index (χ4v) is 4.45. The summed E-state index contributed by atoms with van der Waals surface area (Å²) in [6.45, 7) is 7.39. The van der Waals surface area contributed by atoms with Gasteiger partial charge in [-0.1, -0.05) is 20.3 Å². The van der Waals surface area contributed by atoms with Crippen LogP contribution < -0.4 is 0 Å². The summed E-state index contributed by atoms with van der Waals surface area (Å²) in [4.78, 5) is 23.4. The van der Waals surface area contributed by atoms with Crippen molar-refractivity contribution in [3.05, 3.63) is 0 Å². The van der Waals surface area contributed by atoms with Crippen LogP contribution in [-0.2, 0) is 14.3 Å². The number of aliphatic hydroxyl groups is 1. The topological polar surface area (TPSA) is 63.6 Å². The molecular weight excluding hydrogens is 268 g/mol. The van der Waals surface area contributed by atoms with E-state index in [1.165, 1.54) is 6.92 Å². The lowest BCUT2D eigenvalue weighted by atomic mass is 9.68. The molecule has 1 N–H and O–H groups in total. The Bertz CT molecular complexity index is 429. The van der Waals surface area contributed by atoms with Gasteiger partial charge in [0.25, 0.3) is 0 Å². The standard InChI is InChI=1S/C17H28O4/c1-11-5-6-13(17(4,20)10-21-12(2)18)9-16(3)14(11)7-8-15(16)19/h11,13-14,20H,5-10H2,1-4H3/t11-,13+,14-,16-,17-/m0/s1. The third kappa shape index (κ3) is 3.15. The smallest absolute Gasteiger partial charge is 0.302 e. The second kappa shape index (κ2) is 5.71. The number of fused-ring (bicyclic) bond motifs is 1. The normalized spacial score (nSPS) is 39.3. The van der Waals surface area contributed by atoms with Crippen LogP contribution in [0.4, 0.5) is 0 Å². The van der Waals surface area contributed by atoms with Crippen molar-refractivity contribution in [1.82, 2.24) is 0 Å². The zero-order valence-electron chi connectivity index (χ0n) is 13.6. The highest BCUT2D eigenvalue weighted by molar-refractivity contribution is 5.87. The summed E-state index contributed by atoms with van der Waals surface area (Å²) in [6, 6.07) is 0. The van der Waals surface area contributed by atoms with Crippen LogP contribution in [0.2, 0.25) is 0 Å². The lowest BCUT2D eigenvalue weighted by molar-refractivity contribution is -0.153. The fourth-order valence-electron chi connectivity index (χ4n) is 4.45. The molecule has 0 aliphatic heterocycles. The maximum atomic E-state index is 12.4. The maximum absolute atomic E-state index is 12.4. The van der Waals surface area contributed by atoms with Crippen molar-refractivity contribution in [3.8, 4) is 0 Å². The molecule has 0 aromatic rings. The van der Waals surface area contributed by atoms with E-state index in [1.54, 1.807) is 6.92 Å². The highest BCUT2D eigenvalue weighted by Gasteiger charge is 2.52. The molecule has 2 aliphatic rings. The molecule has 2 rings (SSSR count). The highest BCUT2D eigenvalue weighted by atomic mass is 16.5. The van der Waals surface area contributed by atoms with Gasteiger partial charge in [0.1, 0.15) is 12.4 Å². The van der Waals surface area contributed by atoms with Gasteiger partial charge in [0, 0.05) is 18.8 Å². The molecule has 4 nitrogen and oxygen atoms in total. The predicted molar refractivity (Wildman–Crippen MR) is 79.6 cm³/mol. The van der Waals surface area contributed by atoms with Crippen molar-refractivity contribution in [2.75, 3.05) is 6.61 Å². The third-order valence-corrected chi connectivity index (χ3v) is 5.91. The zero-order chi connectivity index (χ0) is 15.8. The van der Waals surface area contributed by atoms with Gasteiger partial charge in [-0.25, -0.2) is 0 Å². The summed E-state index contributed by atoms with van der Waals surface area (Å²) < 4.78 is 5.02. The van der Waals surface area contributed by atoms with E-state index >= 15 is 0 Å². The Morgan fingerprint density at radius 2 is 2.10 bits per heavy atom. The summed E-state index contributed by atoms with van der Waals surface area (Å²) in [5.74, 6) is 0.902. The molecule has 21 heavy (non-hydrogen) atoms. The molecule has 2 fully saturated rings. The number of esters is 1. The van der Waals surface area contributed by atoms with E-state index in [2.05, 4.69) is 13.8 Å². The second-order valence-corrected chi connectivity index (χ2v) is 7.58. The quantitative estimate of drug-likeness (QED) is 0.813. The van der Waals surface area contributed by atoms with Gasteiger partial charge in [-0.15, -0.1) is 0 Å². The Kier molecular flexibility index (Phi) is 4.48. The van der Waals surface area contributed by atoms with Crippen molar-refractivity contribution in [2.24, 2.45) is 23.2 Å². The molecule has 120 valence electrons. The number of ketones is 1. The van der Waals surface area contributed by atoms with Crippen LogP contribution in [0.1, 0.15) is 59.8 Å². The van der Waals surface area contributed by atoms with Gasteiger partial charge >= 0.3 is 5.97 Å². The largest absolute Gasteiger partial charge is 0.463 e. The summed E-state index contributed by atoms with van der Waals surface area (Å²) in [5, 5.41) is 10.7. The average Bonchev–Trinajstić information content (AvgIpc) is 2.60. The van der Waals surface area contributed by atoms with Crippen LogP contribution >= 0.6 is 0 Å². The minimum absolute atomic E-state index is 0.00338. The number of hydrogen-bond acceptors (Lipinski definition) is 4. The van der Waals surface area contributed by atoms with Crippen LogP contribution in [0.5, 0.6) is 0 Å². The Labute approximate surface area is 127 Å². The molecule has 0 spiro atoms. The SMILES string of the molecule is CC(=O)OC[C@](C)(O)[C@@H]1CC[C@H](C)[C@@H]2CCC(=O)[C@@]2(C)C1. The van der Waals surface area contributed by atoms with Gasteiger partial charge in [0.05, 0.1) is 5.60 Å². The first-order valence-electron chi connectivity index (χ1n) is 8.06. The minimum Gasteiger partial charge on any atom is -0.463 e. The van der Waals surface area contributed by atoms with Crippen LogP contribution in [0.3, 0.4) is 0 Å².